The van der Waals surface area contributed by atoms with Crippen molar-refractivity contribution in [2.45, 2.75) is 32.6 Å². The highest BCUT2D eigenvalue weighted by atomic mass is 16.5. The second-order valence-corrected chi connectivity index (χ2v) is 6.48. The van der Waals surface area contributed by atoms with E-state index < -0.39 is 0 Å². The molecule has 0 unspecified atom stereocenters. The Morgan fingerprint density at radius 2 is 1.67 bits per heavy atom. The highest BCUT2D eigenvalue weighted by molar-refractivity contribution is 5.79. The van der Waals surface area contributed by atoms with Gasteiger partial charge in [0, 0.05) is 52.1 Å². The molecular formula is C16H25N5O3. The third-order valence-corrected chi connectivity index (χ3v) is 4.66. The predicted octanol–water partition coefficient (Wildman–Crippen LogP) is 0.0772. The zero-order chi connectivity index (χ0) is 16.9. The van der Waals surface area contributed by atoms with Crippen LogP contribution in [0.2, 0.25) is 0 Å². The number of rotatable bonds is 5. The Balaban J connectivity index is 1.38. The summed E-state index contributed by atoms with van der Waals surface area (Å²) in [4.78, 5) is 34.5. The first-order valence-corrected chi connectivity index (χ1v) is 8.69. The molecule has 2 saturated heterocycles. The van der Waals surface area contributed by atoms with Crippen LogP contribution >= 0.6 is 0 Å². The van der Waals surface area contributed by atoms with Gasteiger partial charge in [0.1, 0.15) is 0 Å². The van der Waals surface area contributed by atoms with Crippen LogP contribution < -0.4 is 0 Å². The minimum absolute atomic E-state index is 0.108. The van der Waals surface area contributed by atoms with Crippen LogP contribution in [0.5, 0.6) is 0 Å². The molecule has 0 N–H and O–H groups in total. The minimum Gasteiger partial charge on any atom is -0.342 e. The number of nitrogens with zero attached hydrogens (tertiary/aromatic N) is 5. The van der Waals surface area contributed by atoms with Crippen LogP contribution in [-0.2, 0) is 16.0 Å². The number of carbonyl (C=O) groups excluding carboxylic acids is 2. The van der Waals surface area contributed by atoms with Crippen LogP contribution in [0.25, 0.3) is 0 Å². The van der Waals surface area contributed by atoms with Crippen LogP contribution in [0.4, 0.5) is 0 Å². The summed E-state index contributed by atoms with van der Waals surface area (Å²) in [7, 11) is 0. The van der Waals surface area contributed by atoms with Crippen molar-refractivity contribution in [1.82, 2.24) is 24.8 Å². The van der Waals surface area contributed by atoms with E-state index in [1.165, 1.54) is 0 Å². The summed E-state index contributed by atoms with van der Waals surface area (Å²) in [5.41, 5.74) is 0. The number of hydrogen-bond donors (Lipinski definition) is 0. The first-order chi connectivity index (χ1) is 11.6. The topological polar surface area (TPSA) is 82.8 Å². The van der Waals surface area contributed by atoms with Crippen molar-refractivity contribution in [1.29, 1.82) is 0 Å². The Bertz CT molecular complexity index is 574. The van der Waals surface area contributed by atoms with E-state index in [-0.39, 0.29) is 11.8 Å². The van der Waals surface area contributed by atoms with Gasteiger partial charge in [-0.15, -0.1) is 0 Å². The number of amides is 2. The second-order valence-electron chi connectivity index (χ2n) is 6.48. The molecule has 8 nitrogen and oxygen atoms in total. The van der Waals surface area contributed by atoms with Gasteiger partial charge in [-0.1, -0.05) is 5.16 Å². The number of hydrogen-bond acceptors (Lipinski definition) is 6. The lowest BCUT2D eigenvalue weighted by Crippen LogP contribution is -2.51. The predicted molar refractivity (Wildman–Crippen MR) is 86.2 cm³/mol. The molecule has 0 bridgehead atoms. The molecule has 1 aromatic heterocycles. The van der Waals surface area contributed by atoms with E-state index in [0.717, 1.165) is 39.0 Å². The van der Waals surface area contributed by atoms with Crippen molar-refractivity contribution < 1.29 is 14.1 Å². The Labute approximate surface area is 141 Å². The van der Waals surface area contributed by atoms with Crippen LogP contribution in [0.3, 0.4) is 0 Å². The number of aryl methyl sites for hydroxylation is 2. The van der Waals surface area contributed by atoms with Gasteiger partial charge in [-0.05, 0) is 19.8 Å². The fourth-order valence-electron chi connectivity index (χ4n) is 3.23. The molecule has 3 heterocycles. The summed E-state index contributed by atoms with van der Waals surface area (Å²) in [6, 6.07) is 0. The van der Waals surface area contributed by atoms with Gasteiger partial charge >= 0.3 is 0 Å². The Hall–Kier alpha value is -1.96. The van der Waals surface area contributed by atoms with Crippen molar-refractivity contribution >= 4 is 11.8 Å². The maximum Gasteiger partial charge on any atom is 0.236 e. The zero-order valence-electron chi connectivity index (χ0n) is 14.2. The summed E-state index contributed by atoms with van der Waals surface area (Å²) in [6.45, 7) is 6.89. The highest BCUT2D eigenvalue weighted by Crippen LogP contribution is 2.10. The van der Waals surface area contributed by atoms with E-state index in [0.29, 0.717) is 44.2 Å². The first-order valence-electron chi connectivity index (χ1n) is 8.69. The van der Waals surface area contributed by atoms with Crippen molar-refractivity contribution in [3.05, 3.63) is 11.7 Å². The number of aromatic nitrogens is 2. The van der Waals surface area contributed by atoms with Gasteiger partial charge in [0.05, 0.1) is 6.54 Å². The Morgan fingerprint density at radius 3 is 2.29 bits per heavy atom. The van der Waals surface area contributed by atoms with Gasteiger partial charge < -0.3 is 14.3 Å². The van der Waals surface area contributed by atoms with Crippen molar-refractivity contribution in [2.75, 3.05) is 45.8 Å². The quantitative estimate of drug-likeness (QED) is 0.758. The number of piperazine rings is 1. The first kappa shape index (κ1) is 16.9. The van der Waals surface area contributed by atoms with E-state index in [2.05, 4.69) is 15.0 Å². The molecule has 1 aromatic rings. The monoisotopic (exact) mass is 335 g/mol. The average molecular weight is 335 g/mol. The van der Waals surface area contributed by atoms with Gasteiger partial charge in [0.25, 0.3) is 0 Å². The molecule has 132 valence electrons. The molecule has 2 aliphatic heterocycles. The molecule has 2 fully saturated rings. The summed E-state index contributed by atoms with van der Waals surface area (Å²) in [5, 5.41) is 3.72. The lowest BCUT2D eigenvalue weighted by Gasteiger charge is -2.35. The molecule has 8 heteroatoms. The van der Waals surface area contributed by atoms with Gasteiger partial charge in [-0.25, -0.2) is 0 Å². The van der Waals surface area contributed by atoms with Crippen molar-refractivity contribution in [3.8, 4) is 0 Å². The highest BCUT2D eigenvalue weighted by Gasteiger charge is 2.25. The molecule has 24 heavy (non-hydrogen) atoms. The van der Waals surface area contributed by atoms with E-state index >= 15 is 0 Å². The maximum absolute atomic E-state index is 12.3. The Morgan fingerprint density at radius 1 is 1.00 bits per heavy atom. The number of carbonyl (C=O) groups is 2. The average Bonchev–Trinajstić information content (AvgIpc) is 3.25. The lowest BCUT2D eigenvalue weighted by atomic mass is 10.2. The van der Waals surface area contributed by atoms with E-state index in [9.17, 15) is 9.59 Å². The largest absolute Gasteiger partial charge is 0.342 e. The van der Waals surface area contributed by atoms with Gasteiger partial charge in [0.15, 0.2) is 5.82 Å². The Kier molecular flexibility index (Phi) is 5.44. The van der Waals surface area contributed by atoms with E-state index in [1.807, 2.05) is 9.80 Å². The summed E-state index contributed by atoms with van der Waals surface area (Å²) >= 11 is 0. The van der Waals surface area contributed by atoms with Gasteiger partial charge in [-0.2, -0.15) is 4.98 Å². The molecule has 0 aromatic carbocycles. The molecule has 2 aliphatic rings. The molecule has 0 radical (unpaired) electrons. The summed E-state index contributed by atoms with van der Waals surface area (Å²) in [6.07, 6.45) is 3.10. The molecule has 2 amide bonds. The standard InChI is InChI=1S/C16H25N5O3/c1-13-17-14(24-18-13)4-5-15(22)21-10-8-19(9-11-21)12-16(23)20-6-2-3-7-20/h2-12H2,1H3. The van der Waals surface area contributed by atoms with Crippen LogP contribution in [0, 0.1) is 6.92 Å². The van der Waals surface area contributed by atoms with E-state index in [4.69, 9.17) is 4.52 Å². The summed E-state index contributed by atoms with van der Waals surface area (Å²) < 4.78 is 5.03. The number of likely N-dealkylation sites (tertiary alicyclic amines) is 1. The summed E-state index contributed by atoms with van der Waals surface area (Å²) in [5.74, 6) is 1.43. The van der Waals surface area contributed by atoms with Crippen LogP contribution in [0.15, 0.2) is 4.52 Å². The van der Waals surface area contributed by atoms with Crippen LogP contribution in [-0.4, -0.2) is 82.5 Å². The fraction of sp³-hybridized carbons (Fsp3) is 0.750. The van der Waals surface area contributed by atoms with Crippen molar-refractivity contribution in [3.63, 3.8) is 0 Å². The normalized spacial score (nSPS) is 19.0. The lowest BCUT2D eigenvalue weighted by molar-refractivity contribution is -0.134. The third kappa shape index (κ3) is 4.31. The zero-order valence-corrected chi connectivity index (χ0v) is 14.2. The maximum atomic E-state index is 12.3. The van der Waals surface area contributed by atoms with Gasteiger partial charge in [0.2, 0.25) is 17.7 Å². The fourth-order valence-corrected chi connectivity index (χ4v) is 3.23. The van der Waals surface area contributed by atoms with E-state index in [1.54, 1.807) is 6.92 Å². The molecular weight excluding hydrogens is 310 g/mol. The molecule has 0 atom stereocenters. The van der Waals surface area contributed by atoms with Gasteiger partial charge in [-0.3, -0.25) is 14.5 Å². The van der Waals surface area contributed by atoms with Crippen molar-refractivity contribution in [2.24, 2.45) is 0 Å². The molecule has 0 aliphatic carbocycles. The SMILES string of the molecule is Cc1noc(CCC(=O)N2CCN(CC(=O)N3CCCC3)CC2)n1. The van der Waals surface area contributed by atoms with Crippen LogP contribution in [0.1, 0.15) is 31.0 Å². The second kappa shape index (κ2) is 7.74. The minimum atomic E-state index is 0.108. The molecule has 0 spiro atoms. The molecule has 0 saturated carbocycles. The molecule has 3 rings (SSSR count). The third-order valence-electron chi connectivity index (χ3n) is 4.66. The smallest absolute Gasteiger partial charge is 0.236 e.